The van der Waals surface area contributed by atoms with Gasteiger partial charge in [-0.3, -0.25) is 9.59 Å². The monoisotopic (exact) mass is 437 g/mol. The van der Waals surface area contributed by atoms with E-state index in [2.05, 4.69) is 15.5 Å². The highest BCUT2D eigenvalue weighted by molar-refractivity contribution is 5.98. The maximum Gasteiger partial charge on any atom is 0.267 e. The smallest absolute Gasteiger partial charge is 0.267 e. The molecular weight excluding hydrogens is 410 g/mol. The molecule has 1 aliphatic carbocycles. The molecule has 1 aliphatic heterocycles. The lowest BCUT2D eigenvalue weighted by Crippen LogP contribution is -2.40. The lowest BCUT2D eigenvalue weighted by Gasteiger charge is -2.30. The molecule has 1 aromatic carbocycles. The van der Waals surface area contributed by atoms with Crippen molar-refractivity contribution in [1.29, 1.82) is 0 Å². The lowest BCUT2D eigenvalue weighted by atomic mass is 9.91. The van der Waals surface area contributed by atoms with Gasteiger partial charge in [0.25, 0.3) is 11.5 Å². The molecule has 1 N–H and O–H groups in total. The molecule has 0 radical (unpaired) electrons. The van der Waals surface area contributed by atoms with Crippen LogP contribution in [0.15, 0.2) is 29.1 Å². The molecule has 1 fully saturated rings. The molecule has 1 amide bonds. The van der Waals surface area contributed by atoms with Gasteiger partial charge in [0.2, 0.25) is 5.88 Å². The normalized spacial score (nSPS) is 20.7. The van der Waals surface area contributed by atoms with Gasteiger partial charge in [0.1, 0.15) is 0 Å². The predicted molar refractivity (Wildman–Crippen MR) is 118 cm³/mol. The molecule has 168 valence electrons. The van der Waals surface area contributed by atoms with Crippen LogP contribution < -0.4 is 15.6 Å². The molecule has 3 heterocycles. The Hall–Kier alpha value is -3.20. The van der Waals surface area contributed by atoms with Gasteiger partial charge in [-0.2, -0.15) is 10.2 Å². The molecule has 0 saturated heterocycles. The molecular formula is C23H27N5O4. The predicted octanol–water partition coefficient (Wildman–Crippen LogP) is 2.12. The first-order chi connectivity index (χ1) is 15.5. The van der Waals surface area contributed by atoms with E-state index < -0.39 is 0 Å². The molecule has 1 saturated carbocycles. The van der Waals surface area contributed by atoms with Crippen molar-refractivity contribution < 1.29 is 14.3 Å². The van der Waals surface area contributed by atoms with E-state index in [0.717, 1.165) is 54.3 Å². The van der Waals surface area contributed by atoms with Crippen LogP contribution in [0.25, 0.3) is 10.9 Å². The number of aromatic nitrogens is 4. The van der Waals surface area contributed by atoms with Crippen molar-refractivity contribution in [2.45, 2.75) is 50.8 Å². The third kappa shape index (κ3) is 3.77. The van der Waals surface area contributed by atoms with Crippen LogP contribution in [0.3, 0.4) is 0 Å². The minimum absolute atomic E-state index is 0.0687. The quantitative estimate of drug-likeness (QED) is 0.671. The highest BCUT2D eigenvalue weighted by Crippen LogP contribution is 2.29. The average Bonchev–Trinajstić information content (AvgIpc) is 3.13. The Morgan fingerprint density at radius 2 is 2.00 bits per heavy atom. The molecule has 2 aromatic heterocycles. The van der Waals surface area contributed by atoms with Crippen molar-refractivity contribution in [3.05, 3.63) is 51.4 Å². The number of aryl methyl sites for hydroxylation is 1. The van der Waals surface area contributed by atoms with Crippen molar-refractivity contribution >= 4 is 16.8 Å². The summed E-state index contributed by atoms with van der Waals surface area (Å²) in [5.41, 5.74) is 3.11. The number of fused-ring (bicyclic) bond motifs is 2. The molecule has 0 atom stereocenters. The van der Waals surface area contributed by atoms with Gasteiger partial charge in [-0.15, -0.1) is 0 Å². The third-order valence-corrected chi connectivity index (χ3v) is 6.48. The number of hydrogen-bond acceptors (Lipinski definition) is 6. The second-order valence-electron chi connectivity index (χ2n) is 8.55. The van der Waals surface area contributed by atoms with Crippen LogP contribution in [0.1, 0.15) is 53.3 Å². The number of benzene rings is 1. The molecule has 0 unspecified atom stereocenters. The van der Waals surface area contributed by atoms with Crippen LogP contribution in [-0.2, 0) is 24.8 Å². The number of nitrogens with one attached hydrogen (secondary N) is 1. The maximum absolute atomic E-state index is 12.8. The van der Waals surface area contributed by atoms with Gasteiger partial charge < -0.3 is 14.8 Å². The summed E-state index contributed by atoms with van der Waals surface area (Å²) in [5, 5.41) is 13.1. The average molecular weight is 438 g/mol. The van der Waals surface area contributed by atoms with E-state index in [9.17, 15) is 9.59 Å². The topological polar surface area (TPSA) is 100 Å². The summed E-state index contributed by atoms with van der Waals surface area (Å²) in [6.07, 6.45) is 3.98. The number of methoxy groups -OCH3 is 1. The number of rotatable bonds is 4. The first-order valence-corrected chi connectivity index (χ1v) is 11.0. The highest BCUT2D eigenvalue weighted by Gasteiger charge is 2.26. The van der Waals surface area contributed by atoms with E-state index in [0.29, 0.717) is 24.7 Å². The number of nitrogens with zero attached hydrogens (tertiary/aromatic N) is 4. The Morgan fingerprint density at radius 1 is 1.19 bits per heavy atom. The summed E-state index contributed by atoms with van der Waals surface area (Å²) >= 11 is 0. The third-order valence-electron chi connectivity index (χ3n) is 6.48. The molecule has 0 bridgehead atoms. The second-order valence-corrected chi connectivity index (χ2v) is 8.55. The summed E-state index contributed by atoms with van der Waals surface area (Å²) in [5.74, 6) is 0.563. The zero-order valence-electron chi connectivity index (χ0n) is 18.3. The van der Waals surface area contributed by atoms with E-state index in [1.54, 1.807) is 34.7 Å². The fourth-order valence-electron chi connectivity index (χ4n) is 4.78. The van der Waals surface area contributed by atoms with Crippen molar-refractivity contribution in [3.8, 4) is 5.88 Å². The Balaban J connectivity index is 1.24. The van der Waals surface area contributed by atoms with Crippen LogP contribution in [0.4, 0.5) is 0 Å². The molecule has 32 heavy (non-hydrogen) atoms. The summed E-state index contributed by atoms with van der Waals surface area (Å²) in [7, 11) is 3.42. The van der Waals surface area contributed by atoms with Gasteiger partial charge in [0.15, 0.2) is 0 Å². The fraction of sp³-hybridized carbons (Fsp3) is 0.478. The van der Waals surface area contributed by atoms with E-state index in [-0.39, 0.29) is 23.6 Å². The van der Waals surface area contributed by atoms with Gasteiger partial charge in [-0.05, 0) is 43.9 Å². The van der Waals surface area contributed by atoms with Gasteiger partial charge in [-0.25, -0.2) is 9.36 Å². The van der Waals surface area contributed by atoms with Crippen LogP contribution in [-0.4, -0.2) is 45.2 Å². The minimum atomic E-state index is -0.107. The zero-order valence-corrected chi connectivity index (χ0v) is 18.3. The lowest BCUT2D eigenvalue weighted by molar-refractivity contribution is 0.0920. The summed E-state index contributed by atoms with van der Waals surface area (Å²) < 4.78 is 14.1. The number of ether oxygens (including phenoxy) is 2. The van der Waals surface area contributed by atoms with Crippen molar-refractivity contribution in [2.75, 3.05) is 13.7 Å². The van der Waals surface area contributed by atoms with E-state index in [1.165, 1.54) is 0 Å². The maximum atomic E-state index is 12.8. The molecule has 2 aliphatic rings. The van der Waals surface area contributed by atoms with Gasteiger partial charge >= 0.3 is 0 Å². The number of carbonyl (C=O) groups is 1. The summed E-state index contributed by atoms with van der Waals surface area (Å²) in [6, 6.07) is 7.27. The summed E-state index contributed by atoms with van der Waals surface area (Å²) in [6.45, 7) is 1.11. The first-order valence-electron chi connectivity index (χ1n) is 11.0. The Bertz CT molecular complexity index is 1220. The molecule has 9 nitrogen and oxygen atoms in total. The van der Waals surface area contributed by atoms with Crippen LogP contribution in [0, 0.1) is 0 Å². The van der Waals surface area contributed by atoms with E-state index >= 15 is 0 Å². The van der Waals surface area contributed by atoms with Gasteiger partial charge in [-0.1, -0.05) is 0 Å². The number of carbonyl (C=O) groups excluding carboxylic acids is 1. The van der Waals surface area contributed by atoms with Crippen molar-refractivity contribution in [1.82, 2.24) is 24.9 Å². The van der Waals surface area contributed by atoms with E-state index in [4.69, 9.17) is 9.47 Å². The minimum Gasteiger partial charge on any atom is -0.481 e. The second kappa shape index (κ2) is 8.38. The van der Waals surface area contributed by atoms with Gasteiger partial charge in [0.05, 0.1) is 43.0 Å². The first kappa shape index (κ1) is 20.7. The standard InChI is InChI=1S/C23H27N5O4/c1-27-23(31-2)18-8-3-14(11-20(18)25-27)22(30)24-16-4-6-17(7-5-16)28-21(29)12-15-13-32-10-9-19(15)26-28/h3,8,11-12,16-17H,4-7,9-10,13H2,1-2H3,(H,24,30). The molecule has 0 spiro atoms. The van der Waals surface area contributed by atoms with Crippen molar-refractivity contribution in [3.63, 3.8) is 0 Å². The SMILES string of the molecule is COc1c2ccc(C(=O)NC3CCC(n4nc5c(cc4=O)COCC5)CC3)cc2nn1C. The molecule has 9 heteroatoms. The van der Waals surface area contributed by atoms with Crippen LogP contribution in [0.5, 0.6) is 5.88 Å². The van der Waals surface area contributed by atoms with E-state index in [1.807, 2.05) is 13.1 Å². The number of hydrogen-bond donors (Lipinski definition) is 1. The Morgan fingerprint density at radius 3 is 2.78 bits per heavy atom. The zero-order chi connectivity index (χ0) is 22.2. The fourth-order valence-corrected chi connectivity index (χ4v) is 4.78. The number of amides is 1. The van der Waals surface area contributed by atoms with Crippen LogP contribution >= 0.6 is 0 Å². The van der Waals surface area contributed by atoms with Crippen LogP contribution in [0.2, 0.25) is 0 Å². The molecule has 5 rings (SSSR count). The highest BCUT2D eigenvalue weighted by atomic mass is 16.5. The Labute approximate surface area is 185 Å². The largest absolute Gasteiger partial charge is 0.481 e. The van der Waals surface area contributed by atoms with Gasteiger partial charge in [0, 0.05) is 36.7 Å². The Kier molecular flexibility index (Phi) is 5.42. The summed E-state index contributed by atoms with van der Waals surface area (Å²) in [4.78, 5) is 25.4. The molecule has 3 aromatic rings. The van der Waals surface area contributed by atoms with Crippen molar-refractivity contribution in [2.24, 2.45) is 7.05 Å².